The highest BCUT2D eigenvalue weighted by Crippen LogP contribution is 2.32. The van der Waals surface area contributed by atoms with E-state index < -0.39 is 5.97 Å². The van der Waals surface area contributed by atoms with E-state index in [1.54, 1.807) is 18.5 Å². The Morgan fingerprint density at radius 2 is 1.70 bits per heavy atom. The van der Waals surface area contributed by atoms with E-state index in [2.05, 4.69) is 11.6 Å². The molecule has 5 heteroatoms. The molecule has 3 aromatic rings. The molecule has 1 heterocycles. The number of allylic oxidation sites excluding steroid dienone is 1. The van der Waals surface area contributed by atoms with Crippen molar-refractivity contribution < 1.29 is 19.4 Å². The van der Waals surface area contributed by atoms with E-state index in [0.29, 0.717) is 16.9 Å². The lowest BCUT2D eigenvalue weighted by atomic mass is 9.94. The van der Waals surface area contributed by atoms with Crippen molar-refractivity contribution in [2.75, 3.05) is 7.11 Å². The predicted molar refractivity (Wildman–Crippen MR) is 103 cm³/mol. The fourth-order valence-corrected chi connectivity index (χ4v) is 2.72. The van der Waals surface area contributed by atoms with E-state index in [9.17, 15) is 9.59 Å². The summed E-state index contributed by atoms with van der Waals surface area (Å²) in [6, 6.07) is 15.0. The highest BCUT2D eigenvalue weighted by Gasteiger charge is 2.17. The van der Waals surface area contributed by atoms with Gasteiger partial charge < -0.3 is 9.84 Å². The highest BCUT2D eigenvalue weighted by atomic mass is 16.5. The molecule has 3 rings (SSSR count). The lowest BCUT2D eigenvalue weighted by Gasteiger charge is -2.13. The molecule has 0 aliphatic heterocycles. The third-order valence-corrected chi connectivity index (χ3v) is 4.19. The zero-order chi connectivity index (χ0) is 19.4. The second-order valence-corrected chi connectivity index (χ2v) is 5.85. The van der Waals surface area contributed by atoms with Gasteiger partial charge in [0.2, 0.25) is 0 Å². The number of aromatic carboxylic acids is 1. The summed E-state index contributed by atoms with van der Waals surface area (Å²) in [4.78, 5) is 27.9. The molecule has 0 unspecified atom stereocenters. The summed E-state index contributed by atoms with van der Waals surface area (Å²) in [6.07, 6.45) is 3.43. The van der Waals surface area contributed by atoms with E-state index in [0.717, 1.165) is 11.1 Å². The third-order valence-electron chi connectivity index (χ3n) is 4.19. The van der Waals surface area contributed by atoms with Gasteiger partial charge >= 0.3 is 5.97 Å². The number of benzene rings is 2. The van der Waals surface area contributed by atoms with Crippen molar-refractivity contribution in [3.05, 3.63) is 90.3 Å². The maximum atomic E-state index is 12.8. The SMILES string of the molecule is C=C(C(=O)c1ccc(C(=O)O)cc1)c1cc(-c2cccnc2)ccc1OC. The average molecular weight is 359 g/mol. The molecule has 0 atom stereocenters. The number of carboxylic acid groups (broad SMARTS) is 1. The molecule has 27 heavy (non-hydrogen) atoms. The summed E-state index contributed by atoms with van der Waals surface area (Å²) in [7, 11) is 1.53. The minimum Gasteiger partial charge on any atom is -0.496 e. The predicted octanol–water partition coefficient (Wildman–Crippen LogP) is 4.35. The molecule has 2 aromatic carbocycles. The molecule has 0 fully saturated rings. The van der Waals surface area contributed by atoms with Crippen LogP contribution in [-0.4, -0.2) is 29.0 Å². The lowest BCUT2D eigenvalue weighted by Crippen LogP contribution is -2.05. The standard InChI is InChI=1S/C22H17NO4/c1-14(21(24)15-5-7-16(8-6-15)22(25)26)19-12-17(9-10-20(19)27-2)18-4-3-11-23-13-18/h3-13H,1H2,2H3,(H,25,26). The highest BCUT2D eigenvalue weighted by molar-refractivity contribution is 6.29. The number of aromatic nitrogens is 1. The third kappa shape index (κ3) is 3.77. The largest absolute Gasteiger partial charge is 0.496 e. The Bertz CT molecular complexity index is 1010. The molecule has 0 saturated carbocycles. The Balaban J connectivity index is 1.97. The second-order valence-electron chi connectivity index (χ2n) is 5.85. The van der Waals surface area contributed by atoms with Crippen LogP contribution in [0.1, 0.15) is 26.3 Å². The number of hydrogen-bond acceptors (Lipinski definition) is 4. The maximum absolute atomic E-state index is 12.8. The smallest absolute Gasteiger partial charge is 0.335 e. The first-order valence-electron chi connectivity index (χ1n) is 8.17. The van der Waals surface area contributed by atoms with Gasteiger partial charge in [-0.05, 0) is 35.9 Å². The lowest BCUT2D eigenvalue weighted by molar-refractivity contribution is 0.0696. The number of Topliss-reactive ketones (excluding diaryl/α,β-unsaturated/α-hetero) is 1. The van der Waals surface area contributed by atoms with E-state index in [1.807, 2.05) is 24.3 Å². The summed E-state index contributed by atoms with van der Waals surface area (Å²) >= 11 is 0. The average Bonchev–Trinajstić information content (AvgIpc) is 2.73. The quantitative estimate of drug-likeness (QED) is 0.523. The number of pyridine rings is 1. The Labute approximate surface area is 156 Å². The van der Waals surface area contributed by atoms with Gasteiger partial charge in [-0.3, -0.25) is 9.78 Å². The molecule has 0 aliphatic carbocycles. The van der Waals surface area contributed by atoms with Gasteiger partial charge in [0.1, 0.15) is 5.75 Å². The van der Waals surface area contributed by atoms with Crippen molar-refractivity contribution in [2.45, 2.75) is 0 Å². The van der Waals surface area contributed by atoms with Crippen molar-refractivity contribution in [2.24, 2.45) is 0 Å². The van der Waals surface area contributed by atoms with Crippen LogP contribution in [0.15, 0.2) is 73.6 Å². The van der Waals surface area contributed by atoms with E-state index in [4.69, 9.17) is 9.84 Å². The summed E-state index contributed by atoms with van der Waals surface area (Å²) in [5.74, 6) is -0.810. The Morgan fingerprint density at radius 1 is 1.00 bits per heavy atom. The summed E-state index contributed by atoms with van der Waals surface area (Å²) in [5.41, 5.74) is 3.11. The topological polar surface area (TPSA) is 76.5 Å². The number of ether oxygens (including phenoxy) is 1. The molecule has 134 valence electrons. The molecule has 0 radical (unpaired) electrons. The molecule has 1 aromatic heterocycles. The molecule has 5 nitrogen and oxygen atoms in total. The molecule has 0 spiro atoms. The number of carbonyl (C=O) groups is 2. The van der Waals surface area contributed by atoms with E-state index >= 15 is 0 Å². The first-order valence-corrected chi connectivity index (χ1v) is 8.17. The Morgan fingerprint density at radius 3 is 2.30 bits per heavy atom. The first-order chi connectivity index (χ1) is 13.0. The summed E-state index contributed by atoms with van der Waals surface area (Å²) in [5, 5.41) is 8.98. The van der Waals surface area contributed by atoms with Gasteiger partial charge in [-0.25, -0.2) is 4.79 Å². The number of nitrogens with zero attached hydrogens (tertiary/aromatic N) is 1. The van der Waals surface area contributed by atoms with Gasteiger partial charge in [-0.15, -0.1) is 0 Å². The molecule has 0 amide bonds. The minimum absolute atomic E-state index is 0.119. The van der Waals surface area contributed by atoms with Crippen molar-refractivity contribution in [1.82, 2.24) is 4.98 Å². The van der Waals surface area contributed by atoms with Gasteiger partial charge in [0.15, 0.2) is 5.78 Å². The van der Waals surface area contributed by atoms with Crippen molar-refractivity contribution in [3.8, 4) is 16.9 Å². The number of rotatable bonds is 6. The van der Waals surface area contributed by atoms with Crippen LogP contribution in [0.3, 0.4) is 0 Å². The summed E-state index contributed by atoms with van der Waals surface area (Å²) < 4.78 is 5.39. The summed E-state index contributed by atoms with van der Waals surface area (Å²) in [6.45, 7) is 3.94. The number of ketones is 1. The number of hydrogen-bond donors (Lipinski definition) is 1. The molecule has 0 saturated heterocycles. The number of methoxy groups -OCH3 is 1. The normalized spacial score (nSPS) is 10.3. The van der Waals surface area contributed by atoms with Gasteiger partial charge in [0.25, 0.3) is 0 Å². The van der Waals surface area contributed by atoms with Crippen molar-refractivity contribution >= 4 is 17.3 Å². The molecule has 0 bridgehead atoms. The van der Waals surface area contributed by atoms with Crippen LogP contribution in [-0.2, 0) is 0 Å². The zero-order valence-corrected chi connectivity index (χ0v) is 14.7. The molecular formula is C22H17NO4. The second kappa shape index (κ2) is 7.66. The minimum atomic E-state index is -1.04. The molecule has 1 N–H and O–H groups in total. The van der Waals surface area contributed by atoms with E-state index in [-0.39, 0.29) is 16.9 Å². The van der Waals surface area contributed by atoms with Gasteiger partial charge in [0.05, 0.1) is 12.7 Å². The van der Waals surface area contributed by atoms with Crippen LogP contribution in [0, 0.1) is 0 Å². The maximum Gasteiger partial charge on any atom is 0.335 e. The Kier molecular flexibility index (Phi) is 5.13. The molecule has 0 aliphatic rings. The van der Waals surface area contributed by atoms with E-state index in [1.165, 1.54) is 31.4 Å². The fraction of sp³-hybridized carbons (Fsp3) is 0.0455. The Hall–Kier alpha value is -3.73. The van der Waals surface area contributed by atoms with Crippen LogP contribution >= 0.6 is 0 Å². The zero-order valence-electron chi connectivity index (χ0n) is 14.7. The van der Waals surface area contributed by atoms with Crippen LogP contribution in [0.2, 0.25) is 0 Å². The van der Waals surface area contributed by atoms with Crippen LogP contribution in [0.4, 0.5) is 0 Å². The van der Waals surface area contributed by atoms with Crippen LogP contribution in [0.5, 0.6) is 5.75 Å². The molecular weight excluding hydrogens is 342 g/mol. The fourth-order valence-electron chi connectivity index (χ4n) is 2.72. The first kappa shape index (κ1) is 18.1. The van der Waals surface area contributed by atoms with Crippen molar-refractivity contribution in [1.29, 1.82) is 0 Å². The monoisotopic (exact) mass is 359 g/mol. The van der Waals surface area contributed by atoms with Gasteiger partial charge in [-0.1, -0.05) is 30.8 Å². The number of carboxylic acids is 1. The van der Waals surface area contributed by atoms with Gasteiger partial charge in [0, 0.05) is 34.7 Å². The van der Waals surface area contributed by atoms with Gasteiger partial charge in [-0.2, -0.15) is 0 Å². The number of carbonyl (C=O) groups excluding carboxylic acids is 1. The van der Waals surface area contributed by atoms with Crippen LogP contribution < -0.4 is 4.74 Å². The van der Waals surface area contributed by atoms with Crippen molar-refractivity contribution in [3.63, 3.8) is 0 Å². The van der Waals surface area contributed by atoms with Crippen LogP contribution in [0.25, 0.3) is 16.7 Å².